The maximum atomic E-state index is 13.2. The monoisotopic (exact) mass is 479 g/mol. The number of hydrogen-bond donors (Lipinski definition) is 1. The summed E-state index contributed by atoms with van der Waals surface area (Å²) in [5.74, 6) is -1.06. The van der Waals surface area contributed by atoms with Gasteiger partial charge in [-0.25, -0.2) is 9.67 Å². The van der Waals surface area contributed by atoms with Crippen LogP contribution in [-0.4, -0.2) is 35.2 Å². The first kappa shape index (κ1) is 22.6. The molecule has 0 bridgehead atoms. The number of alkyl halides is 3. The molecule has 0 spiro atoms. The molecule has 33 heavy (non-hydrogen) atoms. The van der Waals surface area contributed by atoms with E-state index in [1.165, 1.54) is 6.33 Å². The Balaban J connectivity index is 1.70. The predicted molar refractivity (Wildman–Crippen MR) is 115 cm³/mol. The average molecular weight is 480 g/mol. The molecule has 13 heteroatoms. The number of carbonyl (C=O) groups excluding carboxylic acids is 1. The number of imidazole rings is 1. The van der Waals surface area contributed by atoms with Crippen LogP contribution in [0, 0.1) is 0 Å². The zero-order valence-corrected chi connectivity index (χ0v) is 18.4. The third kappa shape index (κ3) is 4.25. The molecule has 3 heterocycles. The standard InChI is InChI=1S/C20H17ClF3N7O2/c1-9(2)14-12-6-10(20(22,23)24)4-5-11(12)18(33)31(29-14)7-13(32)26-19-27-16(21)15-17(28-19)30(3)8-25-15/h4-6,8-9H,7H2,1-3H3,(H,26,27,28,32). The van der Waals surface area contributed by atoms with Gasteiger partial charge < -0.3 is 4.57 Å². The zero-order valence-electron chi connectivity index (χ0n) is 17.6. The first-order valence-corrected chi connectivity index (χ1v) is 10.1. The molecular weight excluding hydrogens is 463 g/mol. The number of fused-ring (bicyclic) bond motifs is 2. The average Bonchev–Trinajstić information content (AvgIpc) is 3.10. The number of halogens is 4. The molecule has 1 amide bonds. The van der Waals surface area contributed by atoms with Crippen molar-refractivity contribution in [2.75, 3.05) is 5.32 Å². The van der Waals surface area contributed by atoms with E-state index in [0.29, 0.717) is 11.2 Å². The summed E-state index contributed by atoms with van der Waals surface area (Å²) in [5.41, 5.74) is -0.551. The van der Waals surface area contributed by atoms with E-state index < -0.39 is 29.8 Å². The topological polar surface area (TPSA) is 108 Å². The van der Waals surface area contributed by atoms with Gasteiger partial charge in [-0.1, -0.05) is 25.4 Å². The molecule has 9 nitrogen and oxygen atoms in total. The Kier molecular flexibility index (Phi) is 5.56. The molecule has 0 radical (unpaired) electrons. The summed E-state index contributed by atoms with van der Waals surface area (Å²) in [6.45, 7) is 2.96. The van der Waals surface area contributed by atoms with Crippen LogP contribution in [0.4, 0.5) is 19.1 Å². The van der Waals surface area contributed by atoms with Crippen LogP contribution >= 0.6 is 11.6 Å². The van der Waals surface area contributed by atoms with Crippen molar-refractivity contribution < 1.29 is 18.0 Å². The van der Waals surface area contributed by atoms with Crippen molar-refractivity contribution in [1.82, 2.24) is 29.3 Å². The second kappa shape index (κ2) is 8.10. The summed E-state index contributed by atoms with van der Waals surface area (Å²) < 4.78 is 42.0. The van der Waals surface area contributed by atoms with Gasteiger partial charge in [0, 0.05) is 12.4 Å². The van der Waals surface area contributed by atoms with E-state index in [1.807, 2.05) is 0 Å². The highest BCUT2D eigenvalue weighted by Crippen LogP contribution is 2.32. The zero-order chi connectivity index (χ0) is 24.1. The van der Waals surface area contributed by atoms with Crippen LogP contribution in [0.1, 0.15) is 31.0 Å². The van der Waals surface area contributed by atoms with Crippen LogP contribution < -0.4 is 10.9 Å². The molecule has 0 saturated heterocycles. The molecule has 172 valence electrons. The number of carbonyl (C=O) groups is 1. The molecule has 0 atom stereocenters. The summed E-state index contributed by atoms with van der Waals surface area (Å²) in [6.07, 6.45) is -3.07. The molecule has 3 aromatic heterocycles. The predicted octanol–water partition coefficient (Wildman–Crippen LogP) is 3.51. The lowest BCUT2D eigenvalue weighted by Gasteiger charge is -2.15. The van der Waals surface area contributed by atoms with Gasteiger partial charge in [-0.05, 0) is 24.1 Å². The minimum Gasteiger partial charge on any atom is -0.318 e. The van der Waals surface area contributed by atoms with Crippen molar-refractivity contribution in [3.05, 3.63) is 51.3 Å². The Morgan fingerprint density at radius 3 is 2.61 bits per heavy atom. The number of rotatable bonds is 4. The lowest BCUT2D eigenvalue weighted by Crippen LogP contribution is -2.31. The quantitative estimate of drug-likeness (QED) is 0.449. The van der Waals surface area contributed by atoms with E-state index in [0.717, 1.165) is 22.9 Å². The van der Waals surface area contributed by atoms with Crippen molar-refractivity contribution in [3.63, 3.8) is 0 Å². The van der Waals surface area contributed by atoms with Gasteiger partial charge in [0.25, 0.3) is 5.56 Å². The van der Waals surface area contributed by atoms with Crippen molar-refractivity contribution >= 4 is 45.4 Å². The van der Waals surface area contributed by atoms with Crippen molar-refractivity contribution in [2.24, 2.45) is 7.05 Å². The number of aryl methyl sites for hydroxylation is 1. The molecule has 0 unspecified atom stereocenters. The number of hydrogen-bond acceptors (Lipinski definition) is 6. The molecule has 0 aliphatic heterocycles. The molecule has 0 saturated carbocycles. The highest BCUT2D eigenvalue weighted by Gasteiger charge is 2.31. The lowest BCUT2D eigenvalue weighted by atomic mass is 10.0. The van der Waals surface area contributed by atoms with Crippen molar-refractivity contribution in [2.45, 2.75) is 32.5 Å². The van der Waals surface area contributed by atoms with Gasteiger partial charge in [-0.2, -0.15) is 28.2 Å². The van der Waals surface area contributed by atoms with Crippen LogP contribution in [0.3, 0.4) is 0 Å². The van der Waals surface area contributed by atoms with Crippen LogP contribution in [0.5, 0.6) is 0 Å². The summed E-state index contributed by atoms with van der Waals surface area (Å²) in [4.78, 5) is 37.7. The summed E-state index contributed by atoms with van der Waals surface area (Å²) in [5, 5.41) is 6.80. The van der Waals surface area contributed by atoms with Crippen LogP contribution in [-0.2, 0) is 24.6 Å². The highest BCUT2D eigenvalue weighted by atomic mass is 35.5. The summed E-state index contributed by atoms with van der Waals surface area (Å²) in [7, 11) is 1.69. The van der Waals surface area contributed by atoms with Gasteiger partial charge in [0.1, 0.15) is 12.1 Å². The fourth-order valence-electron chi connectivity index (χ4n) is 3.35. The number of benzene rings is 1. The maximum absolute atomic E-state index is 13.2. The van der Waals surface area contributed by atoms with Crippen LogP contribution in [0.25, 0.3) is 21.9 Å². The molecule has 1 N–H and O–H groups in total. The third-order valence-corrected chi connectivity index (χ3v) is 5.19. The minimum absolute atomic E-state index is 0.0325. The number of nitrogens with zero attached hydrogens (tertiary/aromatic N) is 6. The maximum Gasteiger partial charge on any atom is 0.416 e. The third-order valence-electron chi connectivity index (χ3n) is 4.92. The second-order valence-electron chi connectivity index (χ2n) is 7.67. The van der Waals surface area contributed by atoms with E-state index in [-0.39, 0.29) is 33.5 Å². The van der Waals surface area contributed by atoms with Crippen LogP contribution in [0.2, 0.25) is 5.15 Å². The fourth-order valence-corrected chi connectivity index (χ4v) is 3.56. The fraction of sp³-hybridized carbons (Fsp3) is 0.300. The Bertz CT molecular complexity index is 1460. The number of nitrogens with one attached hydrogen (secondary N) is 1. The highest BCUT2D eigenvalue weighted by molar-refractivity contribution is 6.33. The number of anilines is 1. The second-order valence-corrected chi connectivity index (χ2v) is 8.03. The molecule has 1 aromatic carbocycles. The minimum atomic E-state index is -4.56. The first-order chi connectivity index (χ1) is 15.5. The Labute approximate surface area is 189 Å². The van der Waals surface area contributed by atoms with Gasteiger partial charge in [-0.3, -0.25) is 14.9 Å². The molecule has 0 aliphatic rings. The SMILES string of the molecule is CC(C)c1nn(CC(=O)Nc2nc(Cl)c3ncn(C)c3n2)c(=O)c2ccc(C(F)(F)F)cc12. The van der Waals surface area contributed by atoms with E-state index in [4.69, 9.17) is 11.6 Å². The Morgan fingerprint density at radius 1 is 1.21 bits per heavy atom. The van der Waals surface area contributed by atoms with Crippen LogP contribution in [0.15, 0.2) is 29.3 Å². The van der Waals surface area contributed by atoms with E-state index in [2.05, 4.69) is 25.4 Å². The molecule has 0 fully saturated rings. The normalized spacial score (nSPS) is 12.1. The van der Waals surface area contributed by atoms with Crippen molar-refractivity contribution in [1.29, 1.82) is 0 Å². The largest absolute Gasteiger partial charge is 0.416 e. The van der Waals surface area contributed by atoms with E-state index in [1.54, 1.807) is 25.5 Å². The van der Waals surface area contributed by atoms with Gasteiger partial charge in [0.15, 0.2) is 10.8 Å². The molecular formula is C20H17ClF3N7O2. The van der Waals surface area contributed by atoms with Gasteiger partial charge in [0.05, 0.1) is 23.0 Å². The van der Waals surface area contributed by atoms with E-state index in [9.17, 15) is 22.8 Å². The molecule has 4 aromatic rings. The number of amides is 1. The van der Waals surface area contributed by atoms with E-state index >= 15 is 0 Å². The number of aromatic nitrogens is 6. The summed E-state index contributed by atoms with van der Waals surface area (Å²) >= 11 is 6.08. The van der Waals surface area contributed by atoms with Gasteiger partial charge >= 0.3 is 6.18 Å². The first-order valence-electron chi connectivity index (χ1n) is 9.72. The Hall–Kier alpha value is -3.54. The summed E-state index contributed by atoms with van der Waals surface area (Å²) in [6, 6.07) is 2.83. The lowest BCUT2D eigenvalue weighted by molar-refractivity contribution is -0.137. The van der Waals surface area contributed by atoms with Crippen molar-refractivity contribution in [3.8, 4) is 0 Å². The smallest absolute Gasteiger partial charge is 0.318 e. The molecule has 4 rings (SSSR count). The van der Waals surface area contributed by atoms with Gasteiger partial charge in [0.2, 0.25) is 11.9 Å². The van der Waals surface area contributed by atoms with Gasteiger partial charge in [-0.15, -0.1) is 0 Å². The Morgan fingerprint density at radius 2 is 1.94 bits per heavy atom. The molecule has 0 aliphatic carbocycles.